The molecular formula is C13H27NNa2O3. The molecule has 0 heterocycles. The van der Waals surface area contributed by atoms with E-state index in [9.17, 15) is 9.59 Å². The van der Waals surface area contributed by atoms with Gasteiger partial charge in [-0.25, -0.2) is 0 Å². The van der Waals surface area contributed by atoms with Crippen molar-refractivity contribution in [3.8, 4) is 0 Å². The van der Waals surface area contributed by atoms with E-state index in [4.69, 9.17) is 5.11 Å². The van der Waals surface area contributed by atoms with Gasteiger partial charge in [-0.15, -0.1) is 0 Å². The fourth-order valence-corrected chi connectivity index (χ4v) is 1.72. The number of carboxylic acid groups (broad SMARTS) is 1. The predicted molar refractivity (Wildman–Crippen MR) is 70.1 cm³/mol. The Bertz CT molecular complexity index is 247. The largest absolute Gasteiger partial charge is 1.00 e. The molecule has 0 aliphatic heterocycles. The van der Waals surface area contributed by atoms with Gasteiger partial charge in [-0.1, -0.05) is 45.4 Å². The first-order chi connectivity index (χ1) is 8.07. The SMILES string of the molecule is CCCCCCCCCC(=O)N(C)CC(=O)O.[H-].[H-].[Na+].[Na+]. The van der Waals surface area contributed by atoms with Crippen LogP contribution < -0.4 is 59.1 Å². The van der Waals surface area contributed by atoms with Crippen LogP contribution in [0.1, 0.15) is 61.1 Å². The van der Waals surface area contributed by atoms with E-state index >= 15 is 0 Å². The van der Waals surface area contributed by atoms with Crippen LogP contribution in [0.15, 0.2) is 0 Å². The van der Waals surface area contributed by atoms with Gasteiger partial charge >= 0.3 is 65.1 Å². The fourth-order valence-electron chi connectivity index (χ4n) is 1.72. The van der Waals surface area contributed by atoms with Crippen molar-refractivity contribution in [1.82, 2.24) is 4.90 Å². The second kappa shape index (κ2) is 17.0. The average molecular weight is 291 g/mol. The van der Waals surface area contributed by atoms with Crippen molar-refractivity contribution in [2.24, 2.45) is 0 Å². The normalized spacial score (nSPS) is 9.16. The van der Waals surface area contributed by atoms with Crippen LogP contribution in [0, 0.1) is 0 Å². The molecule has 0 atom stereocenters. The average Bonchev–Trinajstić information content (AvgIpc) is 2.26. The molecule has 19 heavy (non-hydrogen) atoms. The molecule has 0 radical (unpaired) electrons. The molecule has 0 bridgehead atoms. The van der Waals surface area contributed by atoms with Gasteiger partial charge in [0.25, 0.3) is 0 Å². The molecule has 104 valence electrons. The molecule has 0 spiro atoms. The number of hydrogen-bond donors (Lipinski definition) is 1. The molecule has 0 fully saturated rings. The quantitative estimate of drug-likeness (QED) is 0.343. The third-order valence-corrected chi connectivity index (χ3v) is 2.79. The number of unbranched alkanes of at least 4 members (excludes halogenated alkanes) is 6. The molecule has 0 aromatic heterocycles. The van der Waals surface area contributed by atoms with Gasteiger partial charge in [0.1, 0.15) is 6.54 Å². The number of nitrogens with zero attached hydrogens (tertiary/aromatic N) is 1. The standard InChI is InChI=1S/C13H25NO3.2Na.2H/c1-3-4-5-6-7-8-9-10-12(15)14(2)11-13(16)17;;;;/h3-11H2,1-2H3,(H,16,17);;;;/q;2*+1;2*-1. The molecular weight excluding hydrogens is 264 g/mol. The van der Waals surface area contributed by atoms with Crippen LogP contribution in [0.3, 0.4) is 0 Å². The summed E-state index contributed by atoms with van der Waals surface area (Å²) in [6.07, 6.45) is 8.65. The van der Waals surface area contributed by atoms with Crippen molar-refractivity contribution in [3.05, 3.63) is 0 Å². The molecule has 0 unspecified atom stereocenters. The first-order valence-corrected chi connectivity index (χ1v) is 6.53. The van der Waals surface area contributed by atoms with E-state index < -0.39 is 5.97 Å². The van der Waals surface area contributed by atoms with Gasteiger partial charge in [-0.2, -0.15) is 0 Å². The van der Waals surface area contributed by atoms with Gasteiger partial charge in [-0.3, -0.25) is 9.59 Å². The zero-order valence-electron chi connectivity index (χ0n) is 15.1. The Hall–Kier alpha value is 0.940. The summed E-state index contributed by atoms with van der Waals surface area (Å²) in [6, 6.07) is 0. The number of likely N-dealkylation sites (N-methyl/N-ethyl adjacent to an activating group) is 1. The minimum Gasteiger partial charge on any atom is -1.00 e. The number of rotatable bonds is 10. The number of carboxylic acids is 1. The number of carbonyl (C=O) groups is 2. The fraction of sp³-hybridized carbons (Fsp3) is 0.846. The molecule has 0 saturated carbocycles. The van der Waals surface area contributed by atoms with E-state index in [1.165, 1.54) is 44.1 Å². The zero-order chi connectivity index (χ0) is 13.1. The van der Waals surface area contributed by atoms with E-state index in [2.05, 4.69) is 6.92 Å². The van der Waals surface area contributed by atoms with E-state index in [0.29, 0.717) is 6.42 Å². The smallest absolute Gasteiger partial charge is 1.00 e. The molecule has 0 aromatic rings. The third-order valence-electron chi connectivity index (χ3n) is 2.79. The second-order valence-corrected chi connectivity index (χ2v) is 4.51. The van der Waals surface area contributed by atoms with Gasteiger partial charge in [-0.05, 0) is 6.42 Å². The van der Waals surface area contributed by atoms with Crippen molar-refractivity contribution in [1.29, 1.82) is 0 Å². The van der Waals surface area contributed by atoms with Crippen LogP contribution in [0.25, 0.3) is 0 Å². The summed E-state index contributed by atoms with van der Waals surface area (Å²) in [5, 5.41) is 8.53. The van der Waals surface area contributed by atoms with Crippen LogP contribution in [-0.2, 0) is 9.59 Å². The Labute approximate surface area is 164 Å². The Morgan fingerprint density at radius 3 is 1.95 bits per heavy atom. The molecule has 0 aliphatic carbocycles. The molecule has 0 saturated heterocycles. The molecule has 0 aliphatic rings. The van der Waals surface area contributed by atoms with Crippen molar-refractivity contribution in [2.75, 3.05) is 13.6 Å². The summed E-state index contributed by atoms with van der Waals surface area (Å²) in [5.74, 6) is -1.03. The molecule has 6 heteroatoms. The van der Waals surface area contributed by atoms with Crippen molar-refractivity contribution in [3.63, 3.8) is 0 Å². The molecule has 4 nitrogen and oxygen atoms in total. The van der Waals surface area contributed by atoms with E-state index in [-0.39, 0.29) is 74.4 Å². The van der Waals surface area contributed by atoms with Gasteiger partial charge in [0.05, 0.1) is 0 Å². The van der Waals surface area contributed by atoms with Crippen LogP contribution in [0.5, 0.6) is 0 Å². The zero-order valence-corrected chi connectivity index (χ0v) is 17.1. The monoisotopic (exact) mass is 291 g/mol. The van der Waals surface area contributed by atoms with Crippen LogP contribution in [-0.4, -0.2) is 35.5 Å². The van der Waals surface area contributed by atoms with Gasteiger partial charge in [0.2, 0.25) is 5.91 Å². The maximum atomic E-state index is 11.5. The summed E-state index contributed by atoms with van der Waals surface area (Å²) >= 11 is 0. The number of amides is 1. The third kappa shape index (κ3) is 16.9. The van der Waals surface area contributed by atoms with Crippen LogP contribution >= 0.6 is 0 Å². The van der Waals surface area contributed by atoms with Gasteiger partial charge in [0.15, 0.2) is 0 Å². The Balaban J connectivity index is -0.000000213. The summed E-state index contributed by atoms with van der Waals surface area (Å²) in [6.45, 7) is 1.99. The summed E-state index contributed by atoms with van der Waals surface area (Å²) in [5.41, 5.74) is 0. The second-order valence-electron chi connectivity index (χ2n) is 4.51. The summed E-state index contributed by atoms with van der Waals surface area (Å²) in [7, 11) is 1.54. The van der Waals surface area contributed by atoms with Crippen LogP contribution in [0.2, 0.25) is 0 Å². The maximum absolute atomic E-state index is 11.5. The summed E-state index contributed by atoms with van der Waals surface area (Å²) in [4.78, 5) is 23.2. The van der Waals surface area contributed by atoms with Gasteiger partial charge < -0.3 is 12.9 Å². The van der Waals surface area contributed by atoms with Crippen molar-refractivity contribution < 1.29 is 76.7 Å². The molecule has 1 amide bonds. The number of hydrogen-bond acceptors (Lipinski definition) is 2. The maximum Gasteiger partial charge on any atom is 1.00 e. The topological polar surface area (TPSA) is 57.6 Å². The minimum atomic E-state index is -0.958. The number of carbonyl (C=O) groups excluding carboxylic acids is 1. The van der Waals surface area contributed by atoms with Crippen molar-refractivity contribution in [2.45, 2.75) is 58.3 Å². The predicted octanol–water partition coefficient (Wildman–Crippen LogP) is -3.10. The first kappa shape index (κ1) is 24.9. The Kier molecular flexibility index (Phi) is 22.3. The van der Waals surface area contributed by atoms with Crippen LogP contribution in [0.4, 0.5) is 0 Å². The van der Waals surface area contributed by atoms with Gasteiger partial charge in [0, 0.05) is 13.5 Å². The van der Waals surface area contributed by atoms with E-state index in [1.807, 2.05) is 0 Å². The molecule has 0 aromatic carbocycles. The molecule has 1 N–H and O–H groups in total. The Morgan fingerprint density at radius 2 is 1.47 bits per heavy atom. The molecule has 0 rings (SSSR count). The Morgan fingerprint density at radius 1 is 1.00 bits per heavy atom. The number of aliphatic carboxylic acids is 1. The van der Waals surface area contributed by atoms with E-state index in [0.717, 1.165) is 12.8 Å². The van der Waals surface area contributed by atoms with Crippen molar-refractivity contribution >= 4 is 11.9 Å². The van der Waals surface area contributed by atoms with E-state index in [1.54, 1.807) is 0 Å². The summed E-state index contributed by atoms with van der Waals surface area (Å²) < 4.78 is 0. The minimum absolute atomic E-state index is 0. The first-order valence-electron chi connectivity index (χ1n) is 6.53.